The van der Waals surface area contributed by atoms with Crippen molar-refractivity contribution in [2.75, 3.05) is 13.7 Å². The second-order valence-electron chi connectivity index (χ2n) is 2.35. The Bertz CT molecular complexity index is 263. The van der Waals surface area contributed by atoms with Gasteiger partial charge in [-0.15, -0.1) is 0 Å². The van der Waals surface area contributed by atoms with E-state index in [1.54, 1.807) is 11.6 Å². The first-order valence-electron chi connectivity index (χ1n) is 3.49. The molecule has 0 radical (unpaired) electrons. The van der Waals surface area contributed by atoms with Gasteiger partial charge in [0.15, 0.2) is 0 Å². The number of methoxy groups -OCH3 is 1. The van der Waals surface area contributed by atoms with Crippen molar-refractivity contribution in [2.45, 2.75) is 13.0 Å². The predicted molar refractivity (Wildman–Crippen MR) is 46.1 cm³/mol. The zero-order valence-electron chi connectivity index (χ0n) is 7.40. The predicted octanol–water partition coefficient (Wildman–Crippen LogP) is -1.48. The fourth-order valence-electron chi connectivity index (χ4n) is 0.494. The number of carbonyl (C=O) groups excluding carboxylic acids is 1. The molecule has 0 aromatic carbocycles. The Morgan fingerprint density at radius 3 is 2.54 bits per heavy atom. The maximum absolute atomic E-state index is 11.0. The van der Waals surface area contributed by atoms with E-state index in [0.29, 0.717) is 0 Å². The summed E-state index contributed by atoms with van der Waals surface area (Å²) in [6, 6.07) is -0.442. The van der Waals surface area contributed by atoms with E-state index in [1.165, 1.54) is 0 Å². The molecule has 0 fully saturated rings. The Hall–Kier alpha value is -0.860. The zero-order valence-corrected chi connectivity index (χ0v) is 8.22. The van der Waals surface area contributed by atoms with Gasteiger partial charge in [0.05, 0.1) is 7.11 Å². The first kappa shape index (κ1) is 12.1. The molecule has 0 unspecified atom stereocenters. The van der Waals surface area contributed by atoms with Crippen LogP contribution in [0.5, 0.6) is 0 Å². The van der Waals surface area contributed by atoms with Gasteiger partial charge >= 0.3 is 16.3 Å². The van der Waals surface area contributed by atoms with Gasteiger partial charge in [0.25, 0.3) is 0 Å². The molecule has 0 spiro atoms. The standard InChI is InChI=1S/C5H13N3O4S/c1-4(3-6)7-13(10,11)8-5(9)12-2/h4,7H,3,6H2,1-2H3,(H,8,9)/t4-/m1/s1. The molecule has 0 aliphatic carbocycles. The van der Waals surface area contributed by atoms with Crippen LogP contribution in [0.15, 0.2) is 0 Å². The third-order valence-corrected chi connectivity index (χ3v) is 2.26. The van der Waals surface area contributed by atoms with Crippen LogP contribution in [0.1, 0.15) is 6.92 Å². The molecule has 1 atom stereocenters. The molecule has 13 heavy (non-hydrogen) atoms. The molecule has 0 aliphatic rings. The summed E-state index contributed by atoms with van der Waals surface area (Å²) in [6.07, 6.45) is -1.04. The van der Waals surface area contributed by atoms with Gasteiger partial charge in [-0.05, 0) is 6.92 Å². The summed E-state index contributed by atoms with van der Waals surface area (Å²) in [4.78, 5) is 10.5. The molecular weight excluding hydrogens is 198 g/mol. The van der Waals surface area contributed by atoms with Crippen LogP contribution in [0.25, 0.3) is 0 Å². The molecule has 7 nitrogen and oxygen atoms in total. The minimum atomic E-state index is -3.86. The lowest BCUT2D eigenvalue weighted by molar-refractivity contribution is 0.177. The van der Waals surface area contributed by atoms with Gasteiger partial charge in [0, 0.05) is 12.6 Å². The Labute approximate surface area is 76.8 Å². The summed E-state index contributed by atoms with van der Waals surface area (Å²) >= 11 is 0. The summed E-state index contributed by atoms with van der Waals surface area (Å²) in [5, 5.41) is 0. The minimum Gasteiger partial charge on any atom is -0.452 e. The van der Waals surface area contributed by atoms with Gasteiger partial charge in [0.2, 0.25) is 0 Å². The van der Waals surface area contributed by atoms with Crippen LogP contribution < -0.4 is 15.2 Å². The van der Waals surface area contributed by atoms with Crippen LogP contribution >= 0.6 is 0 Å². The average Bonchev–Trinajstić information content (AvgIpc) is 2.02. The van der Waals surface area contributed by atoms with E-state index >= 15 is 0 Å². The molecule has 0 bridgehead atoms. The molecule has 0 aromatic rings. The number of rotatable bonds is 4. The van der Waals surface area contributed by atoms with Gasteiger partial charge in [-0.3, -0.25) is 0 Å². The monoisotopic (exact) mass is 211 g/mol. The highest BCUT2D eigenvalue weighted by molar-refractivity contribution is 7.88. The van der Waals surface area contributed by atoms with Crippen LogP contribution in [0.3, 0.4) is 0 Å². The van der Waals surface area contributed by atoms with Gasteiger partial charge in [0.1, 0.15) is 0 Å². The van der Waals surface area contributed by atoms with Crippen LogP contribution in [-0.2, 0) is 14.9 Å². The van der Waals surface area contributed by atoms with Gasteiger partial charge in [-0.1, -0.05) is 0 Å². The highest BCUT2D eigenvalue weighted by Crippen LogP contribution is 1.84. The Morgan fingerprint density at radius 2 is 2.15 bits per heavy atom. The number of carbonyl (C=O) groups is 1. The third-order valence-electron chi connectivity index (χ3n) is 1.11. The van der Waals surface area contributed by atoms with E-state index in [2.05, 4.69) is 9.46 Å². The van der Waals surface area contributed by atoms with Crippen molar-refractivity contribution in [3.63, 3.8) is 0 Å². The van der Waals surface area contributed by atoms with Crippen LogP contribution in [-0.4, -0.2) is 34.2 Å². The number of hydrogen-bond acceptors (Lipinski definition) is 5. The highest BCUT2D eigenvalue weighted by atomic mass is 32.2. The normalized spacial score (nSPS) is 13.5. The zero-order chi connectivity index (χ0) is 10.5. The van der Waals surface area contributed by atoms with Crippen LogP contribution in [0.4, 0.5) is 4.79 Å². The topological polar surface area (TPSA) is 111 Å². The first-order valence-corrected chi connectivity index (χ1v) is 4.97. The fraction of sp³-hybridized carbons (Fsp3) is 0.800. The maximum atomic E-state index is 11.0. The summed E-state index contributed by atoms with van der Waals surface area (Å²) < 4.78 is 29.8. The molecule has 0 saturated heterocycles. The molecule has 0 saturated carbocycles. The van der Waals surface area contributed by atoms with Crippen LogP contribution in [0.2, 0.25) is 0 Å². The molecule has 0 heterocycles. The molecule has 4 N–H and O–H groups in total. The van der Waals surface area contributed by atoms with E-state index in [-0.39, 0.29) is 6.54 Å². The lowest BCUT2D eigenvalue weighted by Gasteiger charge is -2.11. The Balaban J connectivity index is 4.17. The lowest BCUT2D eigenvalue weighted by Crippen LogP contribution is -2.46. The third kappa shape index (κ3) is 5.39. The van der Waals surface area contributed by atoms with Crippen LogP contribution in [0, 0.1) is 0 Å². The van der Waals surface area contributed by atoms with Crippen molar-refractivity contribution in [3.05, 3.63) is 0 Å². The smallest absolute Gasteiger partial charge is 0.421 e. The summed E-state index contributed by atoms with van der Waals surface area (Å²) in [5.41, 5.74) is 5.17. The maximum Gasteiger partial charge on any atom is 0.421 e. The quantitative estimate of drug-likeness (QED) is 0.525. The summed E-state index contributed by atoms with van der Waals surface area (Å²) in [6.45, 7) is 1.71. The summed E-state index contributed by atoms with van der Waals surface area (Å²) in [5.74, 6) is 0. The molecule has 0 aromatic heterocycles. The van der Waals surface area contributed by atoms with E-state index in [9.17, 15) is 13.2 Å². The van der Waals surface area contributed by atoms with E-state index in [0.717, 1.165) is 7.11 Å². The molecule has 0 rings (SSSR count). The Kier molecular flexibility index (Phi) is 4.67. The van der Waals surface area contributed by atoms with Gasteiger partial charge < -0.3 is 10.5 Å². The van der Waals surface area contributed by atoms with Crippen molar-refractivity contribution in [1.29, 1.82) is 0 Å². The van der Waals surface area contributed by atoms with Crippen molar-refractivity contribution in [3.8, 4) is 0 Å². The van der Waals surface area contributed by atoms with Crippen molar-refractivity contribution >= 4 is 16.3 Å². The molecule has 0 aliphatic heterocycles. The molecule has 8 heteroatoms. The summed E-state index contributed by atoms with van der Waals surface area (Å²) in [7, 11) is -2.79. The molecule has 1 amide bonds. The van der Waals surface area contributed by atoms with E-state index in [4.69, 9.17) is 5.73 Å². The second kappa shape index (κ2) is 5.00. The van der Waals surface area contributed by atoms with E-state index in [1.807, 2.05) is 0 Å². The highest BCUT2D eigenvalue weighted by Gasteiger charge is 2.16. The number of nitrogens with two attached hydrogens (primary N) is 1. The largest absolute Gasteiger partial charge is 0.452 e. The van der Waals surface area contributed by atoms with Crippen molar-refractivity contribution in [2.24, 2.45) is 5.73 Å². The minimum absolute atomic E-state index is 0.141. The van der Waals surface area contributed by atoms with Crippen molar-refractivity contribution in [1.82, 2.24) is 9.44 Å². The van der Waals surface area contributed by atoms with Gasteiger partial charge in [-0.2, -0.15) is 13.1 Å². The number of ether oxygens (including phenoxy) is 1. The number of hydrogen-bond donors (Lipinski definition) is 3. The second-order valence-corrected chi connectivity index (χ2v) is 3.80. The van der Waals surface area contributed by atoms with Gasteiger partial charge in [-0.25, -0.2) is 9.52 Å². The number of nitrogens with one attached hydrogen (secondary N) is 2. The van der Waals surface area contributed by atoms with E-state index < -0.39 is 22.3 Å². The average molecular weight is 211 g/mol. The molecule has 78 valence electrons. The fourth-order valence-corrected chi connectivity index (χ4v) is 1.48. The lowest BCUT2D eigenvalue weighted by atomic mass is 10.4. The molecular formula is C5H13N3O4S. The van der Waals surface area contributed by atoms with Crippen molar-refractivity contribution < 1.29 is 17.9 Å². The first-order chi connectivity index (χ1) is 5.91. The Morgan fingerprint density at radius 1 is 1.62 bits per heavy atom. The SMILES string of the molecule is COC(=O)NS(=O)(=O)N[C@H](C)CN. The number of amides is 1.